The van der Waals surface area contributed by atoms with Crippen molar-refractivity contribution in [3.8, 4) is 0 Å². The molecule has 0 radical (unpaired) electrons. The molecular formula is C16H30N2. The third-order valence-corrected chi connectivity index (χ3v) is 5.79. The predicted molar refractivity (Wildman–Crippen MR) is 76.8 cm³/mol. The van der Waals surface area contributed by atoms with Crippen LogP contribution in [-0.2, 0) is 0 Å². The third-order valence-electron chi connectivity index (χ3n) is 5.79. The van der Waals surface area contributed by atoms with Crippen LogP contribution in [-0.4, -0.2) is 47.6 Å². The third kappa shape index (κ3) is 2.46. The molecule has 3 rings (SSSR count). The lowest BCUT2D eigenvalue weighted by molar-refractivity contribution is 0.00806. The van der Waals surface area contributed by atoms with Gasteiger partial charge in [-0.3, -0.25) is 9.80 Å². The van der Waals surface area contributed by atoms with Crippen molar-refractivity contribution in [2.45, 2.75) is 76.9 Å². The Kier molecular flexibility index (Phi) is 3.95. The molecule has 2 saturated heterocycles. The molecule has 0 aromatic rings. The van der Waals surface area contributed by atoms with Crippen molar-refractivity contribution in [1.82, 2.24) is 9.80 Å². The minimum atomic E-state index is 0.792. The molecule has 104 valence electrons. The Morgan fingerprint density at radius 2 is 1.83 bits per heavy atom. The van der Waals surface area contributed by atoms with Crippen molar-refractivity contribution in [3.63, 3.8) is 0 Å². The van der Waals surface area contributed by atoms with Crippen LogP contribution in [0.3, 0.4) is 0 Å². The van der Waals surface area contributed by atoms with Gasteiger partial charge in [0.25, 0.3) is 0 Å². The molecule has 1 aliphatic carbocycles. The Morgan fingerprint density at radius 1 is 1.00 bits per heavy atom. The smallest absolute Gasteiger partial charge is 0.0224 e. The van der Waals surface area contributed by atoms with E-state index in [-0.39, 0.29) is 0 Å². The fourth-order valence-corrected chi connectivity index (χ4v) is 4.65. The zero-order chi connectivity index (χ0) is 12.5. The van der Waals surface area contributed by atoms with Gasteiger partial charge in [0, 0.05) is 31.2 Å². The Hall–Kier alpha value is -0.0800. The summed E-state index contributed by atoms with van der Waals surface area (Å²) in [7, 11) is 0. The van der Waals surface area contributed by atoms with Gasteiger partial charge >= 0.3 is 0 Å². The Morgan fingerprint density at radius 3 is 2.67 bits per heavy atom. The van der Waals surface area contributed by atoms with Crippen LogP contribution in [0.1, 0.15) is 58.8 Å². The van der Waals surface area contributed by atoms with Gasteiger partial charge in [0.2, 0.25) is 0 Å². The van der Waals surface area contributed by atoms with E-state index in [1.165, 1.54) is 64.6 Å². The van der Waals surface area contributed by atoms with Crippen molar-refractivity contribution in [3.05, 3.63) is 0 Å². The normalized spacial score (nSPS) is 43.0. The predicted octanol–water partition coefficient (Wildman–Crippen LogP) is 3.12. The van der Waals surface area contributed by atoms with Crippen LogP contribution in [0.25, 0.3) is 0 Å². The lowest BCUT2D eigenvalue weighted by Crippen LogP contribution is -2.58. The van der Waals surface area contributed by atoms with Gasteiger partial charge in [0.1, 0.15) is 0 Å². The van der Waals surface area contributed by atoms with E-state index in [9.17, 15) is 0 Å². The van der Waals surface area contributed by atoms with E-state index in [0.29, 0.717) is 0 Å². The fourth-order valence-electron chi connectivity index (χ4n) is 4.65. The molecule has 0 spiro atoms. The molecule has 0 N–H and O–H groups in total. The van der Waals surface area contributed by atoms with Gasteiger partial charge in [-0.15, -0.1) is 0 Å². The molecule has 0 amide bonds. The molecule has 2 nitrogen and oxygen atoms in total. The number of fused-ring (bicyclic) bond motifs is 1. The average molecular weight is 250 g/mol. The monoisotopic (exact) mass is 250 g/mol. The van der Waals surface area contributed by atoms with Crippen LogP contribution < -0.4 is 0 Å². The highest BCUT2D eigenvalue weighted by atomic mass is 15.3. The van der Waals surface area contributed by atoms with Crippen LogP contribution >= 0.6 is 0 Å². The SMILES string of the molecule is CCC1CCCC(N2CC3CCCN3CC2C)C1. The van der Waals surface area contributed by atoms with E-state index in [2.05, 4.69) is 23.6 Å². The highest BCUT2D eigenvalue weighted by molar-refractivity contribution is 4.94. The van der Waals surface area contributed by atoms with Gasteiger partial charge in [0.15, 0.2) is 0 Å². The molecule has 1 saturated carbocycles. The second kappa shape index (κ2) is 5.50. The van der Waals surface area contributed by atoms with Gasteiger partial charge in [0.05, 0.1) is 0 Å². The van der Waals surface area contributed by atoms with Gasteiger partial charge < -0.3 is 0 Å². The molecule has 0 bridgehead atoms. The van der Waals surface area contributed by atoms with Crippen LogP contribution in [0.5, 0.6) is 0 Å². The van der Waals surface area contributed by atoms with Crippen LogP contribution in [0.2, 0.25) is 0 Å². The zero-order valence-corrected chi connectivity index (χ0v) is 12.3. The standard InChI is InChI=1S/C16H30N2/c1-3-14-6-4-7-15(10-14)18-12-16-8-5-9-17(16)11-13(18)2/h13-16H,3-12H2,1-2H3. The fraction of sp³-hybridized carbons (Fsp3) is 1.00. The van der Waals surface area contributed by atoms with Crippen molar-refractivity contribution >= 4 is 0 Å². The second-order valence-electron chi connectivity index (χ2n) is 6.93. The first kappa shape index (κ1) is 12.9. The number of hydrogen-bond acceptors (Lipinski definition) is 2. The molecule has 0 aromatic heterocycles. The molecule has 4 unspecified atom stereocenters. The van der Waals surface area contributed by atoms with Crippen molar-refractivity contribution in [2.75, 3.05) is 19.6 Å². The van der Waals surface area contributed by atoms with E-state index in [1.807, 2.05) is 0 Å². The maximum Gasteiger partial charge on any atom is 0.0224 e. The summed E-state index contributed by atoms with van der Waals surface area (Å²) in [5.41, 5.74) is 0. The zero-order valence-electron chi connectivity index (χ0n) is 12.3. The summed E-state index contributed by atoms with van der Waals surface area (Å²) in [6.45, 7) is 8.90. The molecule has 3 aliphatic rings. The van der Waals surface area contributed by atoms with E-state index in [4.69, 9.17) is 0 Å². The molecule has 2 aliphatic heterocycles. The lowest BCUT2D eigenvalue weighted by atomic mass is 9.82. The quantitative estimate of drug-likeness (QED) is 0.743. The van der Waals surface area contributed by atoms with E-state index in [1.54, 1.807) is 0 Å². The molecule has 0 aromatic carbocycles. The van der Waals surface area contributed by atoms with E-state index >= 15 is 0 Å². The summed E-state index contributed by atoms with van der Waals surface area (Å²) in [6, 6.07) is 2.59. The molecule has 2 heterocycles. The Balaban J connectivity index is 1.63. The molecule has 18 heavy (non-hydrogen) atoms. The van der Waals surface area contributed by atoms with Crippen molar-refractivity contribution < 1.29 is 0 Å². The van der Waals surface area contributed by atoms with Crippen LogP contribution in [0.15, 0.2) is 0 Å². The van der Waals surface area contributed by atoms with Gasteiger partial charge in [-0.25, -0.2) is 0 Å². The summed E-state index contributed by atoms with van der Waals surface area (Å²) in [6.07, 6.45) is 10.2. The maximum absolute atomic E-state index is 2.88. The summed E-state index contributed by atoms with van der Waals surface area (Å²) in [5, 5.41) is 0. The number of rotatable bonds is 2. The van der Waals surface area contributed by atoms with Crippen molar-refractivity contribution in [2.24, 2.45) is 5.92 Å². The average Bonchev–Trinajstić information content (AvgIpc) is 2.85. The van der Waals surface area contributed by atoms with Crippen molar-refractivity contribution in [1.29, 1.82) is 0 Å². The van der Waals surface area contributed by atoms with Gasteiger partial charge in [-0.05, 0) is 45.1 Å². The highest BCUT2D eigenvalue weighted by Crippen LogP contribution is 2.34. The molecule has 4 atom stereocenters. The Labute approximate surface area is 113 Å². The summed E-state index contributed by atoms with van der Waals surface area (Å²) >= 11 is 0. The second-order valence-corrected chi connectivity index (χ2v) is 6.93. The summed E-state index contributed by atoms with van der Waals surface area (Å²) in [4.78, 5) is 5.63. The Bertz CT molecular complexity index is 278. The van der Waals surface area contributed by atoms with Crippen LogP contribution in [0.4, 0.5) is 0 Å². The number of hydrogen-bond donors (Lipinski definition) is 0. The van der Waals surface area contributed by atoms with E-state index in [0.717, 1.165) is 24.0 Å². The maximum atomic E-state index is 2.88. The van der Waals surface area contributed by atoms with Gasteiger partial charge in [-0.2, -0.15) is 0 Å². The van der Waals surface area contributed by atoms with Gasteiger partial charge in [-0.1, -0.05) is 26.2 Å². The number of piperazine rings is 1. The molecule has 3 fully saturated rings. The largest absolute Gasteiger partial charge is 0.298 e. The first-order valence-electron chi connectivity index (χ1n) is 8.27. The minimum absolute atomic E-state index is 0.792. The molecule has 2 heteroatoms. The van der Waals surface area contributed by atoms with Crippen LogP contribution in [0, 0.1) is 5.92 Å². The summed E-state index contributed by atoms with van der Waals surface area (Å²) < 4.78 is 0. The summed E-state index contributed by atoms with van der Waals surface area (Å²) in [5.74, 6) is 1.01. The minimum Gasteiger partial charge on any atom is -0.298 e. The first-order valence-corrected chi connectivity index (χ1v) is 8.27. The number of nitrogens with zero attached hydrogens (tertiary/aromatic N) is 2. The topological polar surface area (TPSA) is 6.48 Å². The highest BCUT2D eigenvalue weighted by Gasteiger charge is 2.38. The molecular weight excluding hydrogens is 220 g/mol. The first-order chi connectivity index (χ1) is 8.78. The van der Waals surface area contributed by atoms with E-state index < -0.39 is 0 Å². The lowest BCUT2D eigenvalue weighted by Gasteiger charge is -2.48.